The van der Waals surface area contributed by atoms with E-state index >= 15 is 0 Å². The van der Waals surface area contributed by atoms with E-state index in [9.17, 15) is 4.79 Å². The highest BCUT2D eigenvalue weighted by Gasteiger charge is 2.34. The van der Waals surface area contributed by atoms with Crippen LogP contribution in [-0.2, 0) is 12.0 Å². The molecule has 0 spiro atoms. The van der Waals surface area contributed by atoms with Crippen molar-refractivity contribution in [2.24, 2.45) is 0 Å². The normalized spacial score (nSPS) is 20.4. The Kier molecular flexibility index (Phi) is 5.74. The maximum Gasteiger partial charge on any atom is 0.317 e. The molecule has 1 fully saturated rings. The molecule has 1 N–H and O–H groups in total. The van der Waals surface area contributed by atoms with Crippen LogP contribution in [-0.4, -0.2) is 40.1 Å². The number of nitrogens with zero attached hydrogens (tertiary/aromatic N) is 3. The molecular weight excluding hydrogens is 312 g/mol. The van der Waals surface area contributed by atoms with E-state index in [1.165, 1.54) is 5.56 Å². The minimum atomic E-state index is 0.0538. The first-order valence-corrected chi connectivity index (χ1v) is 9.21. The number of unbranched alkanes of at least 4 members (excludes halogenated alkanes) is 1. The number of piperidine rings is 1. The predicted molar refractivity (Wildman–Crippen MR) is 99.5 cm³/mol. The molecule has 0 saturated carbocycles. The first-order chi connectivity index (χ1) is 12.2. The zero-order chi connectivity index (χ0) is 17.5. The molecule has 1 aliphatic heterocycles. The van der Waals surface area contributed by atoms with Gasteiger partial charge in [-0.15, -0.1) is 0 Å². The van der Waals surface area contributed by atoms with Crippen molar-refractivity contribution in [2.75, 3.05) is 19.6 Å². The first-order valence-electron chi connectivity index (χ1n) is 9.21. The second kappa shape index (κ2) is 8.19. The topological polar surface area (TPSA) is 50.2 Å². The summed E-state index contributed by atoms with van der Waals surface area (Å²) < 4.78 is 2.07. The van der Waals surface area contributed by atoms with Gasteiger partial charge in [0.05, 0.1) is 6.33 Å². The summed E-state index contributed by atoms with van der Waals surface area (Å²) in [5.41, 5.74) is 1.38. The van der Waals surface area contributed by atoms with Crippen molar-refractivity contribution in [3.05, 3.63) is 54.6 Å². The van der Waals surface area contributed by atoms with Crippen LogP contribution in [0.3, 0.4) is 0 Å². The Balaban J connectivity index is 1.44. The summed E-state index contributed by atoms with van der Waals surface area (Å²) in [5.74, 6) is 0. The van der Waals surface area contributed by atoms with Crippen molar-refractivity contribution < 1.29 is 4.79 Å². The fourth-order valence-corrected chi connectivity index (χ4v) is 3.63. The Bertz CT molecular complexity index is 656. The first kappa shape index (κ1) is 17.5. The van der Waals surface area contributed by atoms with Gasteiger partial charge in [0, 0.05) is 44.0 Å². The molecule has 2 amide bonds. The second-order valence-electron chi connectivity index (χ2n) is 7.19. The lowest BCUT2D eigenvalue weighted by molar-refractivity contribution is 0.155. The van der Waals surface area contributed by atoms with E-state index in [0.717, 1.165) is 51.9 Å². The van der Waals surface area contributed by atoms with Gasteiger partial charge in [-0.1, -0.05) is 37.3 Å². The summed E-state index contributed by atoms with van der Waals surface area (Å²) in [6.45, 7) is 5.59. The van der Waals surface area contributed by atoms with Crippen molar-refractivity contribution in [2.45, 2.75) is 44.6 Å². The molecular formula is C20H28N4O. The Morgan fingerprint density at radius 1 is 1.28 bits per heavy atom. The number of likely N-dealkylation sites (tertiary alicyclic amines) is 1. The second-order valence-corrected chi connectivity index (χ2v) is 7.19. The third kappa shape index (κ3) is 4.62. The van der Waals surface area contributed by atoms with Gasteiger partial charge in [-0.05, 0) is 31.2 Å². The number of imidazole rings is 1. The van der Waals surface area contributed by atoms with E-state index in [0.29, 0.717) is 0 Å². The summed E-state index contributed by atoms with van der Waals surface area (Å²) in [6, 6.07) is 10.6. The van der Waals surface area contributed by atoms with Gasteiger partial charge in [0.1, 0.15) is 0 Å². The van der Waals surface area contributed by atoms with E-state index < -0.39 is 0 Å². The minimum absolute atomic E-state index is 0.0538. The predicted octanol–water partition coefficient (Wildman–Crippen LogP) is 3.43. The largest absolute Gasteiger partial charge is 0.338 e. The summed E-state index contributed by atoms with van der Waals surface area (Å²) in [7, 11) is 0. The zero-order valence-corrected chi connectivity index (χ0v) is 15.0. The monoisotopic (exact) mass is 340 g/mol. The zero-order valence-electron chi connectivity index (χ0n) is 15.0. The molecule has 2 heterocycles. The third-order valence-corrected chi connectivity index (χ3v) is 5.13. The van der Waals surface area contributed by atoms with Gasteiger partial charge in [-0.2, -0.15) is 0 Å². The molecule has 25 heavy (non-hydrogen) atoms. The van der Waals surface area contributed by atoms with Gasteiger partial charge in [-0.25, -0.2) is 9.78 Å². The van der Waals surface area contributed by atoms with Gasteiger partial charge in [-0.3, -0.25) is 0 Å². The summed E-state index contributed by atoms with van der Waals surface area (Å²) in [6.07, 6.45) is 9.80. The van der Waals surface area contributed by atoms with Gasteiger partial charge < -0.3 is 14.8 Å². The fourth-order valence-electron chi connectivity index (χ4n) is 3.63. The average Bonchev–Trinajstić information content (AvgIpc) is 3.15. The quantitative estimate of drug-likeness (QED) is 0.819. The van der Waals surface area contributed by atoms with Crippen LogP contribution >= 0.6 is 0 Å². The number of carbonyl (C=O) groups is 1. The number of amides is 2. The highest BCUT2D eigenvalue weighted by molar-refractivity contribution is 5.74. The SMILES string of the molecule is C[C@]1(c2ccccc2)CCCN(C(=O)NCCCCn2ccnc2)C1. The van der Waals surface area contributed by atoms with E-state index in [2.05, 4.69) is 46.1 Å². The molecule has 1 saturated heterocycles. The standard InChI is InChI=1S/C20H28N4O/c1-20(18-8-3-2-4-9-18)10-7-14-24(16-20)19(25)22-11-5-6-13-23-15-12-21-17-23/h2-4,8-9,12,15,17H,5-7,10-11,13-14,16H2,1H3,(H,22,25)/t20-/m0/s1. The smallest absolute Gasteiger partial charge is 0.317 e. The van der Waals surface area contributed by atoms with Crippen LogP contribution in [0.5, 0.6) is 0 Å². The van der Waals surface area contributed by atoms with Crippen molar-refractivity contribution in [1.82, 2.24) is 19.8 Å². The summed E-state index contributed by atoms with van der Waals surface area (Å²) >= 11 is 0. The molecule has 5 heteroatoms. The van der Waals surface area contributed by atoms with Gasteiger partial charge >= 0.3 is 6.03 Å². The Morgan fingerprint density at radius 3 is 2.88 bits per heavy atom. The third-order valence-electron chi connectivity index (χ3n) is 5.13. The van der Waals surface area contributed by atoms with E-state index in [1.807, 2.05) is 23.5 Å². The summed E-state index contributed by atoms with van der Waals surface area (Å²) in [4.78, 5) is 18.5. The molecule has 0 unspecified atom stereocenters. The van der Waals surface area contributed by atoms with Crippen molar-refractivity contribution in [3.63, 3.8) is 0 Å². The number of carbonyl (C=O) groups excluding carboxylic acids is 1. The number of benzene rings is 1. The molecule has 2 aromatic rings. The molecule has 0 aliphatic carbocycles. The van der Waals surface area contributed by atoms with Crippen LogP contribution in [0.25, 0.3) is 0 Å². The van der Waals surface area contributed by atoms with Crippen LogP contribution in [0.1, 0.15) is 38.2 Å². The van der Waals surface area contributed by atoms with Crippen LogP contribution in [0.4, 0.5) is 4.79 Å². The van der Waals surface area contributed by atoms with Crippen LogP contribution in [0.15, 0.2) is 49.1 Å². The van der Waals surface area contributed by atoms with E-state index in [1.54, 1.807) is 6.20 Å². The van der Waals surface area contributed by atoms with Crippen LogP contribution < -0.4 is 5.32 Å². The van der Waals surface area contributed by atoms with Crippen LogP contribution in [0, 0.1) is 0 Å². The van der Waals surface area contributed by atoms with Gasteiger partial charge in [0.25, 0.3) is 0 Å². The van der Waals surface area contributed by atoms with Crippen LogP contribution in [0.2, 0.25) is 0 Å². The number of aromatic nitrogens is 2. The molecule has 1 atom stereocenters. The molecule has 1 aromatic heterocycles. The van der Waals surface area contributed by atoms with E-state index in [-0.39, 0.29) is 11.4 Å². The lowest BCUT2D eigenvalue weighted by Gasteiger charge is -2.41. The molecule has 0 radical (unpaired) electrons. The number of aryl methyl sites for hydroxylation is 1. The van der Waals surface area contributed by atoms with Crippen molar-refractivity contribution >= 4 is 6.03 Å². The Labute approximate surface area is 150 Å². The average molecular weight is 340 g/mol. The molecule has 134 valence electrons. The Morgan fingerprint density at radius 2 is 2.12 bits per heavy atom. The number of hydrogen-bond acceptors (Lipinski definition) is 2. The molecule has 0 bridgehead atoms. The Hall–Kier alpha value is -2.30. The molecule has 5 nitrogen and oxygen atoms in total. The maximum atomic E-state index is 12.5. The lowest BCUT2D eigenvalue weighted by atomic mass is 9.76. The highest BCUT2D eigenvalue weighted by atomic mass is 16.2. The number of urea groups is 1. The van der Waals surface area contributed by atoms with Crippen molar-refractivity contribution in [1.29, 1.82) is 0 Å². The molecule has 1 aromatic carbocycles. The molecule has 1 aliphatic rings. The van der Waals surface area contributed by atoms with E-state index in [4.69, 9.17) is 0 Å². The minimum Gasteiger partial charge on any atom is -0.338 e. The highest BCUT2D eigenvalue weighted by Crippen LogP contribution is 2.33. The molecule has 3 rings (SSSR count). The van der Waals surface area contributed by atoms with Crippen molar-refractivity contribution in [3.8, 4) is 0 Å². The van der Waals surface area contributed by atoms with Gasteiger partial charge in [0.15, 0.2) is 0 Å². The maximum absolute atomic E-state index is 12.5. The number of nitrogens with one attached hydrogen (secondary N) is 1. The summed E-state index contributed by atoms with van der Waals surface area (Å²) in [5, 5.41) is 3.08. The number of hydrogen-bond donors (Lipinski definition) is 1. The fraction of sp³-hybridized carbons (Fsp3) is 0.500. The lowest BCUT2D eigenvalue weighted by Crippen LogP contribution is -2.50. The number of rotatable bonds is 6. The van der Waals surface area contributed by atoms with Gasteiger partial charge in [0.2, 0.25) is 0 Å².